The van der Waals surface area contributed by atoms with E-state index in [1.54, 1.807) is 0 Å². The van der Waals surface area contributed by atoms with Gasteiger partial charge in [-0.2, -0.15) is 0 Å². The molecule has 1 heterocycles. The molecule has 0 atom stereocenters. The molecule has 0 spiro atoms. The number of hydrogen-bond donors (Lipinski definition) is 1. The zero-order valence-electron chi connectivity index (χ0n) is 12.5. The summed E-state index contributed by atoms with van der Waals surface area (Å²) in [4.78, 5) is 14.8. The normalized spacial score (nSPS) is 14.5. The number of aryl methyl sites for hydroxylation is 2. The monoisotopic (exact) mass is 280 g/mol. The Hall–Kier alpha value is -2.13. The number of nitrogens with one attached hydrogen (secondary N) is 1. The fourth-order valence-electron chi connectivity index (χ4n) is 2.70. The number of carbonyl (C=O) groups excluding carboxylic acids is 1. The maximum atomic E-state index is 12.9. The Kier molecular flexibility index (Phi) is 3.76. The molecule has 0 aromatic heterocycles. The van der Waals surface area contributed by atoms with Crippen LogP contribution in [0.25, 0.3) is 0 Å². The van der Waals surface area contributed by atoms with Crippen LogP contribution in [0.15, 0.2) is 42.5 Å². The molecule has 0 saturated heterocycles. The summed E-state index contributed by atoms with van der Waals surface area (Å²) in [6, 6.07) is 14.0. The molecule has 3 nitrogen and oxygen atoms in total. The molecule has 0 bridgehead atoms. The maximum absolute atomic E-state index is 12.9. The summed E-state index contributed by atoms with van der Waals surface area (Å²) in [5, 5.41) is 3.37. The summed E-state index contributed by atoms with van der Waals surface area (Å²) < 4.78 is 0. The number of amides is 1. The molecule has 108 valence electrons. The first-order valence-corrected chi connectivity index (χ1v) is 7.34. The first-order valence-electron chi connectivity index (χ1n) is 7.34. The molecule has 0 unspecified atom stereocenters. The molecule has 3 rings (SSSR count). The van der Waals surface area contributed by atoms with E-state index in [-0.39, 0.29) is 5.91 Å². The van der Waals surface area contributed by atoms with Crippen LogP contribution in [0, 0.1) is 13.8 Å². The Morgan fingerprint density at radius 2 is 1.90 bits per heavy atom. The van der Waals surface area contributed by atoms with Gasteiger partial charge in [0.1, 0.15) is 0 Å². The molecule has 1 aliphatic rings. The minimum absolute atomic E-state index is 0.0780. The molecule has 3 heteroatoms. The second kappa shape index (κ2) is 5.70. The standard InChI is InChI=1S/C18H20N2O/c1-13-7-8-15(11-14(13)2)18(21)20-10-9-19-12-16-5-3-4-6-17(16)20/h3-8,11,19H,9-10,12H2,1-2H3. The number of rotatable bonds is 1. The van der Waals surface area contributed by atoms with Gasteiger partial charge in [0, 0.05) is 30.9 Å². The fourth-order valence-corrected chi connectivity index (χ4v) is 2.70. The van der Waals surface area contributed by atoms with E-state index < -0.39 is 0 Å². The Morgan fingerprint density at radius 1 is 1.10 bits per heavy atom. The highest BCUT2D eigenvalue weighted by Gasteiger charge is 2.21. The lowest BCUT2D eigenvalue weighted by Gasteiger charge is -2.23. The topological polar surface area (TPSA) is 32.3 Å². The van der Waals surface area contributed by atoms with Crippen molar-refractivity contribution in [3.8, 4) is 0 Å². The van der Waals surface area contributed by atoms with Crippen LogP contribution in [-0.4, -0.2) is 19.0 Å². The van der Waals surface area contributed by atoms with Gasteiger partial charge in [0.2, 0.25) is 0 Å². The number of carbonyl (C=O) groups is 1. The molecule has 0 saturated carbocycles. The predicted octanol–water partition coefficient (Wildman–Crippen LogP) is 3.05. The Bertz CT molecular complexity index is 679. The Labute approximate surface area is 125 Å². The third-order valence-corrected chi connectivity index (χ3v) is 4.11. The molecule has 2 aromatic rings. The van der Waals surface area contributed by atoms with Gasteiger partial charge in [-0.1, -0.05) is 24.3 Å². The van der Waals surface area contributed by atoms with Crippen molar-refractivity contribution in [2.24, 2.45) is 0 Å². The second-order valence-corrected chi connectivity index (χ2v) is 5.56. The van der Waals surface area contributed by atoms with Crippen LogP contribution in [-0.2, 0) is 6.54 Å². The van der Waals surface area contributed by atoms with Crippen molar-refractivity contribution in [2.75, 3.05) is 18.0 Å². The molecule has 0 aliphatic carbocycles. The SMILES string of the molecule is Cc1ccc(C(=O)N2CCNCc3ccccc32)cc1C. The summed E-state index contributed by atoms with van der Waals surface area (Å²) in [5.74, 6) is 0.0780. The smallest absolute Gasteiger partial charge is 0.258 e. The van der Waals surface area contributed by atoms with Crippen molar-refractivity contribution >= 4 is 11.6 Å². The van der Waals surface area contributed by atoms with Crippen LogP contribution in [0.2, 0.25) is 0 Å². The van der Waals surface area contributed by atoms with Crippen molar-refractivity contribution in [1.29, 1.82) is 0 Å². The Morgan fingerprint density at radius 3 is 2.71 bits per heavy atom. The highest BCUT2D eigenvalue weighted by molar-refractivity contribution is 6.06. The van der Waals surface area contributed by atoms with Gasteiger partial charge in [-0.15, -0.1) is 0 Å². The van der Waals surface area contributed by atoms with Crippen LogP contribution in [0.5, 0.6) is 0 Å². The van der Waals surface area contributed by atoms with Gasteiger partial charge in [-0.3, -0.25) is 4.79 Å². The lowest BCUT2D eigenvalue weighted by atomic mass is 10.0. The molecule has 0 radical (unpaired) electrons. The summed E-state index contributed by atoms with van der Waals surface area (Å²) in [5.41, 5.74) is 5.32. The van der Waals surface area contributed by atoms with Crippen LogP contribution in [0.4, 0.5) is 5.69 Å². The third kappa shape index (κ3) is 2.69. The van der Waals surface area contributed by atoms with Crippen LogP contribution >= 0.6 is 0 Å². The molecule has 2 aromatic carbocycles. The third-order valence-electron chi connectivity index (χ3n) is 4.11. The summed E-state index contributed by atoms with van der Waals surface area (Å²) in [7, 11) is 0. The van der Waals surface area contributed by atoms with Crippen LogP contribution in [0.1, 0.15) is 27.0 Å². The lowest BCUT2D eigenvalue weighted by Crippen LogP contribution is -2.34. The zero-order chi connectivity index (χ0) is 14.8. The van der Waals surface area contributed by atoms with Crippen molar-refractivity contribution in [2.45, 2.75) is 20.4 Å². The molecule has 1 N–H and O–H groups in total. The van der Waals surface area contributed by atoms with Gasteiger partial charge < -0.3 is 10.2 Å². The number of anilines is 1. The second-order valence-electron chi connectivity index (χ2n) is 5.56. The van der Waals surface area contributed by atoms with E-state index in [1.165, 1.54) is 11.1 Å². The van der Waals surface area contributed by atoms with E-state index >= 15 is 0 Å². The molecule has 21 heavy (non-hydrogen) atoms. The van der Waals surface area contributed by atoms with Gasteiger partial charge in [0.15, 0.2) is 0 Å². The molecular weight excluding hydrogens is 260 g/mol. The average molecular weight is 280 g/mol. The quantitative estimate of drug-likeness (QED) is 0.870. The summed E-state index contributed by atoms with van der Waals surface area (Å²) in [6.07, 6.45) is 0. The number of nitrogens with zero attached hydrogens (tertiary/aromatic N) is 1. The number of fused-ring (bicyclic) bond motifs is 1. The van der Waals surface area contributed by atoms with Gasteiger partial charge in [0.25, 0.3) is 5.91 Å². The summed E-state index contributed by atoms with van der Waals surface area (Å²) in [6.45, 7) is 6.43. The van der Waals surface area contributed by atoms with E-state index in [1.807, 2.05) is 48.2 Å². The summed E-state index contributed by atoms with van der Waals surface area (Å²) >= 11 is 0. The zero-order valence-corrected chi connectivity index (χ0v) is 12.5. The number of para-hydroxylation sites is 1. The van der Waals surface area contributed by atoms with Crippen molar-refractivity contribution in [3.63, 3.8) is 0 Å². The van der Waals surface area contributed by atoms with E-state index in [2.05, 4.69) is 18.3 Å². The van der Waals surface area contributed by atoms with E-state index in [0.717, 1.165) is 29.9 Å². The van der Waals surface area contributed by atoms with E-state index in [0.29, 0.717) is 6.54 Å². The lowest BCUT2D eigenvalue weighted by molar-refractivity contribution is 0.0987. The predicted molar refractivity (Wildman–Crippen MR) is 85.7 cm³/mol. The van der Waals surface area contributed by atoms with Gasteiger partial charge in [-0.05, 0) is 48.7 Å². The molecule has 0 fully saturated rings. The van der Waals surface area contributed by atoms with E-state index in [9.17, 15) is 4.79 Å². The van der Waals surface area contributed by atoms with Crippen molar-refractivity contribution < 1.29 is 4.79 Å². The Balaban J connectivity index is 1.99. The van der Waals surface area contributed by atoms with Gasteiger partial charge >= 0.3 is 0 Å². The minimum atomic E-state index is 0.0780. The highest BCUT2D eigenvalue weighted by atomic mass is 16.2. The first kappa shape index (κ1) is 13.8. The highest BCUT2D eigenvalue weighted by Crippen LogP contribution is 2.24. The molecule has 1 amide bonds. The van der Waals surface area contributed by atoms with Crippen LogP contribution in [0.3, 0.4) is 0 Å². The van der Waals surface area contributed by atoms with Crippen LogP contribution < -0.4 is 10.2 Å². The van der Waals surface area contributed by atoms with Crippen molar-refractivity contribution in [3.05, 3.63) is 64.7 Å². The minimum Gasteiger partial charge on any atom is -0.311 e. The van der Waals surface area contributed by atoms with Gasteiger partial charge in [0.05, 0.1) is 0 Å². The maximum Gasteiger partial charge on any atom is 0.258 e. The largest absolute Gasteiger partial charge is 0.311 e. The molecular formula is C18H20N2O. The fraction of sp³-hybridized carbons (Fsp3) is 0.278. The van der Waals surface area contributed by atoms with Crippen molar-refractivity contribution in [1.82, 2.24) is 5.32 Å². The van der Waals surface area contributed by atoms with E-state index in [4.69, 9.17) is 0 Å². The first-order chi connectivity index (χ1) is 10.2. The van der Waals surface area contributed by atoms with Gasteiger partial charge in [-0.25, -0.2) is 0 Å². The number of benzene rings is 2. The average Bonchev–Trinajstić information content (AvgIpc) is 2.71. The number of hydrogen-bond acceptors (Lipinski definition) is 2. The molecule has 1 aliphatic heterocycles.